The number of nitrogens with one attached hydrogen (secondary N) is 1. The van der Waals surface area contributed by atoms with Crippen LogP contribution in [-0.2, 0) is 11.2 Å². The van der Waals surface area contributed by atoms with E-state index in [2.05, 4.69) is 27.4 Å². The molecule has 5 heteroatoms. The summed E-state index contributed by atoms with van der Waals surface area (Å²) < 4.78 is 0. The Hall–Kier alpha value is -2.40. The molecule has 0 radical (unpaired) electrons. The molecule has 0 fully saturated rings. The van der Waals surface area contributed by atoms with E-state index < -0.39 is 0 Å². The fourth-order valence-corrected chi connectivity index (χ4v) is 3.17. The minimum atomic E-state index is 0.0188. The summed E-state index contributed by atoms with van der Waals surface area (Å²) in [6.07, 6.45) is 0.839. The van der Waals surface area contributed by atoms with Crippen molar-refractivity contribution in [2.75, 3.05) is 12.3 Å². The molecule has 4 nitrogen and oxygen atoms in total. The molecule has 0 aliphatic heterocycles. The highest BCUT2D eigenvalue weighted by Crippen LogP contribution is 2.21. The summed E-state index contributed by atoms with van der Waals surface area (Å²) >= 11 is 1.43. The minimum Gasteiger partial charge on any atom is -0.355 e. The number of hydrogen-bond donors (Lipinski definition) is 1. The lowest BCUT2D eigenvalue weighted by atomic mass is 10.1. The molecule has 3 rings (SSSR count). The van der Waals surface area contributed by atoms with E-state index in [4.69, 9.17) is 0 Å². The van der Waals surface area contributed by atoms with Crippen LogP contribution in [0.2, 0.25) is 0 Å². The average Bonchev–Trinajstić information content (AvgIpc) is 2.61. The number of aryl methyl sites for hydroxylation is 1. The van der Waals surface area contributed by atoms with Gasteiger partial charge < -0.3 is 5.32 Å². The fraction of sp³-hybridized carbons (Fsp3) is 0.211. The molecular formula is C19H19N3OS. The minimum absolute atomic E-state index is 0.0188. The van der Waals surface area contributed by atoms with Gasteiger partial charge in [-0.15, -0.1) is 0 Å². The molecule has 0 bridgehead atoms. The van der Waals surface area contributed by atoms with Gasteiger partial charge >= 0.3 is 0 Å². The fourth-order valence-electron chi connectivity index (χ4n) is 2.38. The summed E-state index contributed by atoms with van der Waals surface area (Å²) in [4.78, 5) is 21.1. The Morgan fingerprint density at radius 2 is 1.67 bits per heavy atom. The van der Waals surface area contributed by atoms with Crippen molar-refractivity contribution < 1.29 is 4.79 Å². The van der Waals surface area contributed by atoms with Crippen LogP contribution in [0.15, 0.2) is 59.6 Å². The number of nitrogens with zero attached hydrogens (tertiary/aromatic N) is 2. The quantitative estimate of drug-likeness (QED) is 0.701. The van der Waals surface area contributed by atoms with Crippen LogP contribution in [0, 0.1) is 6.92 Å². The van der Waals surface area contributed by atoms with Gasteiger partial charge in [0.1, 0.15) is 5.03 Å². The van der Waals surface area contributed by atoms with Gasteiger partial charge in [-0.05, 0) is 31.0 Å². The second-order valence-corrected chi connectivity index (χ2v) is 6.44. The zero-order valence-electron chi connectivity index (χ0n) is 13.5. The summed E-state index contributed by atoms with van der Waals surface area (Å²) in [5.41, 5.74) is 3.82. The number of amides is 1. The van der Waals surface area contributed by atoms with Gasteiger partial charge in [-0.25, -0.2) is 9.97 Å². The lowest BCUT2D eigenvalue weighted by Crippen LogP contribution is -2.27. The van der Waals surface area contributed by atoms with Crippen molar-refractivity contribution in [2.45, 2.75) is 18.4 Å². The molecular weight excluding hydrogens is 318 g/mol. The van der Waals surface area contributed by atoms with Crippen LogP contribution < -0.4 is 5.32 Å². The number of carbonyl (C=O) groups excluding carboxylic acids is 1. The Bertz CT molecular complexity index is 836. The van der Waals surface area contributed by atoms with Gasteiger partial charge in [0.05, 0.1) is 22.5 Å². The number of carbonyl (C=O) groups is 1. The van der Waals surface area contributed by atoms with Crippen LogP contribution in [0.3, 0.4) is 0 Å². The van der Waals surface area contributed by atoms with Crippen molar-refractivity contribution in [2.24, 2.45) is 0 Å². The van der Waals surface area contributed by atoms with Gasteiger partial charge in [0.2, 0.25) is 5.91 Å². The number of fused-ring (bicyclic) bond motifs is 1. The highest BCUT2D eigenvalue weighted by Gasteiger charge is 2.08. The van der Waals surface area contributed by atoms with E-state index in [1.165, 1.54) is 17.3 Å². The van der Waals surface area contributed by atoms with Crippen LogP contribution in [0.4, 0.5) is 0 Å². The maximum atomic E-state index is 12.0. The number of thioether (sulfide) groups is 1. The first-order chi connectivity index (χ1) is 11.7. The van der Waals surface area contributed by atoms with E-state index in [1.54, 1.807) is 0 Å². The molecule has 24 heavy (non-hydrogen) atoms. The van der Waals surface area contributed by atoms with Gasteiger partial charge in [0.25, 0.3) is 0 Å². The number of para-hydroxylation sites is 2. The smallest absolute Gasteiger partial charge is 0.230 e. The van der Waals surface area contributed by atoms with Gasteiger partial charge in [-0.3, -0.25) is 4.79 Å². The molecule has 1 aromatic heterocycles. The average molecular weight is 337 g/mol. The third kappa shape index (κ3) is 4.32. The molecule has 122 valence electrons. The summed E-state index contributed by atoms with van der Waals surface area (Å²) in [5.74, 6) is 0.369. The monoisotopic (exact) mass is 337 g/mol. The zero-order chi connectivity index (χ0) is 16.8. The van der Waals surface area contributed by atoms with E-state index in [9.17, 15) is 4.79 Å². The first kappa shape index (κ1) is 16.5. The number of aromatic nitrogens is 2. The predicted octanol–water partition coefficient (Wildman–Crippen LogP) is 3.39. The molecule has 1 N–H and O–H groups in total. The topological polar surface area (TPSA) is 54.9 Å². The second kappa shape index (κ2) is 7.93. The largest absolute Gasteiger partial charge is 0.355 e. The molecule has 1 amide bonds. The lowest BCUT2D eigenvalue weighted by Gasteiger charge is -2.07. The summed E-state index contributed by atoms with van der Waals surface area (Å²) in [5, 5.41) is 3.76. The van der Waals surface area contributed by atoms with E-state index in [0.717, 1.165) is 28.2 Å². The Morgan fingerprint density at radius 3 is 2.42 bits per heavy atom. The Morgan fingerprint density at radius 1 is 1.00 bits per heavy atom. The molecule has 0 aliphatic carbocycles. The standard InChI is InChI=1S/C19H19N3OS/c1-14-19(22-17-10-6-5-9-16(17)21-14)24-13-18(23)20-12-11-15-7-3-2-4-8-15/h2-10H,11-13H2,1H3,(H,20,23). The highest BCUT2D eigenvalue weighted by molar-refractivity contribution is 7.99. The molecule has 0 aliphatic rings. The number of rotatable bonds is 6. The molecule has 0 saturated heterocycles. The van der Waals surface area contributed by atoms with Gasteiger partial charge in [-0.2, -0.15) is 0 Å². The first-order valence-electron chi connectivity index (χ1n) is 7.89. The second-order valence-electron chi connectivity index (χ2n) is 5.48. The van der Waals surface area contributed by atoms with Crippen LogP contribution in [0.25, 0.3) is 11.0 Å². The van der Waals surface area contributed by atoms with Crippen molar-refractivity contribution in [3.8, 4) is 0 Å². The maximum Gasteiger partial charge on any atom is 0.230 e. The van der Waals surface area contributed by atoms with Crippen LogP contribution in [0.5, 0.6) is 0 Å². The first-order valence-corrected chi connectivity index (χ1v) is 8.88. The SMILES string of the molecule is Cc1nc2ccccc2nc1SCC(=O)NCCc1ccccc1. The van der Waals surface area contributed by atoms with E-state index in [-0.39, 0.29) is 5.91 Å². The Labute approximate surface area is 145 Å². The highest BCUT2D eigenvalue weighted by atomic mass is 32.2. The summed E-state index contributed by atoms with van der Waals surface area (Å²) in [6, 6.07) is 17.9. The van der Waals surface area contributed by atoms with Gasteiger partial charge in [0.15, 0.2) is 0 Å². The van der Waals surface area contributed by atoms with Crippen molar-refractivity contribution in [3.63, 3.8) is 0 Å². The van der Waals surface area contributed by atoms with E-state index in [1.807, 2.05) is 49.4 Å². The lowest BCUT2D eigenvalue weighted by molar-refractivity contribution is -0.118. The van der Waals surface area contributed by atoms with Crippen LogP contribution in [-0.4, -0.2) is 28.2 Å². The third-order valence-corrected chi connectivity index (χ3v) is 4.69. The van der Waals surface area contributed by atoms with Crippen molar-refractivity contribution in [1.82, 2.24) is 15.3 Å². The van der Waals surface area contributed by atoms with Crippen LogP contribution in [0.1, 0.15) is 11.3 Å². The number of hydrogen-bond acceptors (Lipinski definition) is 4. The normalized spacial score (nSPS) is 10.7. The van der Waals surface area contributed by atoms with Crippen molar-refractivity contribution in [1.29, 1.82) is 0 Å². The van der Waals surface area contributed by atoms with Crippen molar-refractivity contribution >= 4 is 28.7 Å². The third-order valence-electron chi connectivity index (χ3n) is 3.62. The molecule has 0 spiro atoms. The van der Waals surface area contributed by atoms with E-state index >= 15 is 0 Å². The Kier molecular flexibility index (Phi) is 5.43. The molecule has 0 unspecified atom stereocenters. The van der Waals surface area contributed by atoms with E-state index in [0.29, 0.717) is 12.3 Å². The molecule has 0 saturated carbocycles. The number of benzene rings is 2. The molecule has 0 atom stereocenters. The molecule has 2 aromatic carbocycles. The zero-order valence-corrected chi connectivity index (χ0v) is 14.3. The summed E-state index contributed by atoms with van der Waals surface area (Å²) in [6.45, 7) is 2.57. The molecule has 3 aromatic rings. The Balaban J connectivity index is 1.51. The molecule has 1 heterocycles. The van der Waals surface area contributed by atoms with Crippen LogP contribution >= 0.6 is 11.8 Å². The summed E-state index contributed by atoms with van der Waals surface area (Å²) in [7, 11) is 0. The van der Waals surface area contributed by atoms with Gasteiger partial charge in [-0.1, -0.05) is 54.2 Å². The predicted molar refractivity (Wildman–Crippen MR) is 98.2 cm³/mol. The maximum absolute atomic E-state index is 12.0. The van der Waals surface area contributed by atoms with Crippen molar-refractivity contribution in [3.05, 3.63) is 65.9 Å². The van der Waals surface area contributed by atoms with Gasteiger partial charge in [0, 0.05) is 6.54 Å².